The summed E-state index contributed by atoms with van der Waals surface area (Å²) in [6.45, 7) is 0. The van der Waals surface area contributed by atoms with E-state index < -0.39 is 5.54 Å². The molecule has 1 aliphatic rings. The SMILES string of the molecule is NC1(c2onc3c(F)cccc23)CC1. The summed E-state index contributed by atoms with van der Waals surface area (Å²) in [5.74, 6) is 0.258. The van der Waals surface area contributed by atoms with Crippen molar-refractivity contribution in [1.82, 2.24) is 5.16 Å². The number of hydrogen-bond donors (Lipinski definition) is 1. The smallest absolute Gasteiger partial charge is 0.164 e. The molecule has 0 unspecified atom stereocenters. The predicted molar refractivity (Wildman–Crippen MR) is 49.1 cm³/mol. The van der Waals surface area contributed by atoms with Gasteiger partial charge in [0, 0.05) is 5.39 Å². The van der Waals surface area contributed by atoms with Gasteiger partial charge in [0.15, 0.2) is 11.6 Å². The zero-order chi connectivity index (χ0) is 9.76. The highest BCUT2D eigenvalue weighted by molar-refractivity contribution is 5.82. The summed E-state index contributed by atoms with van der Waals surface area (Å²) in [6.07, 6.45) is 1.77. The van der Waals surface area contributed by atoms with Crippen molar-refractivity contribution in [3.63, 3.8) is 0 Å². The third-order valence-corrected chi connectivity index (χ3v) is 2.70. The molecule has 0 spiro atoms. The van der Waals surface area contributed by atoms with Crippen LogP contribution in [0.1, 0.15) is 18.6 Å². The molecule has 0 radical (unpaired) electrons. The molecule has 3 rings (SSSR count). The predicted octanol–water partition coefficient (Wildman–Crippen LogP) is 1.91. The maximum atomic E-state index is 13.2. The van der Waals surface area contributed by atoms with Crippen LogP contribution >= 0.6 is 0 Å². The number of aromatic nitrogens is 1. The van der Waals surface area contributed by atoms with Crippen molar-refractivity contribution in [3.8, 4) is 0 Å². The van der Waals surface area contributed by atoms with E-state index in [1.807, 2.05) is 0 Å². The van der Waals surface area contributed by atoms with Crippen LogP contribution in [-0.2, 0) is 5.54 Å². The van der Waals surface area contributed by atoms with Gasteiger partial charge < -0.3 is 10.3 Å². The van der Waals surface area contributed by atoms with Gasteiger partial charge in [0.05, 0.1) is 5.54 Å². The molecule has 14 heavy (non-hydrogen) atoms. The van der Waals surface area contributed by atoms with Crippen LogP contribution in [0.4, 0.5) is 4.39 Å². The van der Waals surface area contributed by atoms with Crippen molar-refractivity contribution < 1.29 is 8.91 Å². The van der Waals surface area contributed by atoms with Gasteiger partial charge >= 0.3 is 0 Å². The molecule has 0 bridgehead atoms. The first-order valence-electron chi connectivity index (χ1n) is 4.54. The van der Waals surface area contributed by atoms with Gasteiger partial charge in [-0.15, -0.1) is 0 Å². The Labute approximate surface area is 79.7 Å². The Hall–Kier alpha value is -1.42. The maximum Gasteiger partial charge on any atom is 0.164 e. The second-order valence-electron chi connectivity index (χ2n) is 3.80. The van der Waals surface area contributed by atoms with Gasteiger partial charge in [0.1, 0.15) is 5.52 Å². The van der Waals surface area contributed by atoms with E-state index in [1.54, 1.807) is 12.1 Å². The molecule has 1 saturated carbocycles. The number of fused-ring (bicyclic) bond motifs is 1. The summed E-state index contributed by atoms with van der Waals surface area (Å²) in [5, 5.41) is 4.39. The lowest BCUT2D eigenvalue weighted by Gasteiger charge is -2.02. The van der Waals surface area contributed by atoms with E-state index in [4.69, 9.17) is 10.3 Å². The van der Waals surface area contributed by atoms with E-state index in [1.165, 1.54) is 6.07 Å². The Morgan fingerprint density at radius 3 is 2.93 bits per heavy atom. The second kappa shape index (κ2) is 2.33. The summed E-state index contributed by atoms with van der Waals surface area (Å²) >= 11 is 0. The number of halogens is 1. The number of rotatable bonds is 1. The normalized spacial score (nSPS) is 18.7. The molecule has 1 fully saturated rings. The number of hydrogen-bond acceptors (Lipinski definition) is 3. The minimum absolute atomic E-state index is 0.277. The highest BCUT2D eigenvalue weighted by atomic mass is 19.1. The van der Waals surface area contributed by atoms with E-state index >= 15 is 0 Å². The molecule has 0 amide bonds. The molecule has 0 aliphatic heterocycles. The zero-order valence-corrected chi connectivity index (χ0v) is 7.46. The van der Waals surface area contributed by atoms with Crippen LogP contribution in [0.25, 0.3) is 10.9 Å². The molecule has 2 aromatic rings. The van der Waals surface area contributed by atoms with Crippen LogP contribution in [-0.4, -0.2) is 5.16 Å². The van der Waals surface area contributed by atoms with Crippen molar-refractivity contribution in [1.29, 1.82) is 0 Å². The quantitative estimate of drug-likeness (QED) is 0.750. The minimum Gasteiger partial charge on any atom is -0.358 e. The van der Waals surface area contributed by atoms with Crippen molar-refractivity contribution >= 4 is 10.9 Å². The van der Waals surface area contributed by atoms with Gasteiger partial charge in [0.2, 0.25) is 0 Å². The monoisotopic (exact) mass is 192 g/mol. The van der Waals surface area contributed by atoms with Gasteiger partial charge in [-0.05, 0) is 25.0 Å². The molecule has 3 nitrogen and oxygen atoms in total. The fraction of sp³-hybridized carbons (Fsp3) is 0.300. The highest BCUT2D eigenvalue weighted by Crippen LogP contribution is 2.45. The summed E-state index contributed by atoms with van der Waals surface area (Å²) in [5.41, 5.74) is 5.85. The molecule has 0 saturated heterocycles. The zero-order valence-electron chi connectivity index (χ0n) is 7.46. The van der Waals surface area contributed by atoms with E-state index in [0.717, 1.165) is 12.8 Å². The topological polar surface area (TPSA) is 52.0 Å². The number of benzene rings is 1. The minimum atomic E-state index is -0.400. The van der Waals surface area contributed by atoms with Crippen molar-refractivity contribution in [2.75, 3.05) is 0 Å². The Balaban J connectivity index is 2.32. The number of nitrogens with two attached hydrogens (primary N) is 1. The van der Waals surface area contributed by atoms with Crippen LogP contribution in [0, 0.1) is 5.82 Å². The van der Waals surface area contributed by atoms with Gasteiger partial charge in [0.25, 0.3) is 0 Å². The van der Waals surface area contributed by atoms with Gasteiger partial charge in [-0.25, -0.2) is 4.39 Å². The lowest BCUT2D eigenvalue weighted by Crippen LogP contribution is -2.17. The highest BCUT2D eigenvalue weighted by Gasteiger charge is 2.45. The molecular formula is C10H9FN2O. The van der Waals surface area contributed by atoms with E-state index in [9.17, 15) is 4.39 Å². The molecule has 0 atom stereocenters. The van der Waals surface area contributed by atoms with Crippen LogP contribution in [0.3, 0.4) is 0 Å². The average molecular weight is 192 g/mol. The Morgan fingerprint density at radius 1 is 1.43 bits per heavy atom. The summed E-state index contributed by atoms with van der Waals surface area (Å²) < 4.78 is 18.4. The molecule has 1 aromatic carbocycles. The molecule has 72 valence electrons. The lowest BCUT2D eigenvalue weighted by molar-refractivity contribution is 0.360. The first-order chi connectivity index (χ1) is 6.71. The largest absolute Gasteiger partial charge is 0.358 e. The number of nitrogens with zero attached hydrogens (tertiary/aromatic N) is 1. The molecule has 1 aromatic heterocycles. The first-order valence-corrected chi connectivity index (χ1v) is 4.54. The van der Waals surface area contributed by atoms with Crippen molar-refractivity contribution in [2.24, 2.45) is 5.73 Å². The van der Waals surface area contributed by atoms with Crippen LogP contribution in [0.2, 0.25) is 0 Å². The molecule has 1 aliphatic carbocycles. The molecule has 1 heterocycles. The average Bonchev–Trinajstić information content (AvgIpc) is 2.77. The van der Waals surface area contributed by atoms with E-state index in [-0.39, 0.29) is 11.3 Å². The fourth-order valence-corrected chi connectivity index (χ4v) is 1.65. The van der Waals surface area contributed by atoms with E-state index in [2.05, 4.69) is 5.16 Å². The van der Waals surface area contributed by atoms with Gasteiger partial charge in [-0.1, -0.05) is 11.2 Å². The van der Waals surface area contributed by atoms with E-state index in [0.29, 0.717) is 11.1 Å². The lowest BCUT2D eigenvalue weighted by atomic mass is 10.1. The standard InChI is InChI=1S/C10H9FN2O/c11-7-3-1-2-6-8(7)13-14-9(6)10(12)4-5-10/h1-3H,4-5,12H2. The van der Waals surface area contributed by atoms with Gasteiger partial charge in [-0.2, -0.15) is 0 Å². The fourth-order valence-electron chi connectivity index (χ4n) is 1.65. The molecular weight excluding hydrogens is 183 g/mol. The van der Waals surface area contributed by atoms with Gasteiger partial charge in [-0.3, -0.25) is 0 Å². The van der Waals surface area contributed by atoms with Crippen LogP contribution in [0.5, 0.6) is 0 Å². The van der Waals surface area contributed by atoms with Crippen molar-refractivity contribution in [3.05, 3.63) is 29.8 Å². The molecule has 2 N–H and O–H groups in total. The summed E-state index contributed by atoms with van der Waals surface area (Å²) in [6, 6.07) is 4.80. The Kier molecular flexibility index (Phi) is 1.32. The maximum absolute atomic E-state index is 13.2. The molecule has 4 heteroatoms. The Morgan fingerprint density at radius 2 is 2.21 bits per heavy atom. The Bertz CT molecular complexity index is 502. The third kappa shape index (κ3) is 0.915. The summed E-state index contributed by atoms with van der Waals surface area (Å²) in [7, 11) is 0. The van der Waals surface area contributed by atoms with Crippen molar-refractivity contribution in [2.45, 2.75) is 18.4 Å². The first kappa shape index (κ1) is 7.94. The third-order valence-electron chi connectivity index (χ3n) is 2.70. The van der Waals surface area contributed by atoms with Crippen LogP contribution in [0.15, 0.2) is 22.7 Å². The van der Waals surface area contributed by atoms with Crippen LogP contribution < -0.4 is 5.73 Å². The second-order valence-corrected chi connectivity index (χ2v) is 3.80. The summed E-state index contributed by atoms with van der Waals surface area (Å²) in [4.78, 5) is 0.